The lowest BCUT2D eigenvalue weighted by Gasteiger charge is -2.26. The Balaban J connectivity index is 2.12. The second-order valence-corrected chi connectivity index (χ2v) is 3.77. The summed E-state index contributed by atoms with van der Waals surface area (Å²) in [6.07, 6.45) is -0.925. The van der Waals surface area contributed by atoms with Crippen molar-refractivity contribution in [2.45, 2.75) is 18.6 Å². The van der Waals surface area contributed by atoms with Gasteiger partial charge in [0.2, 0.25) is 0 Å². The molecular formula is C11H12N2O4. The van der Waals surface area contributed by atoms with Gasteiger partial charge in [0, 0.05) is 6.42 Å². The highest BCUT2D eigenvalue weighted by Crippen LogP contribution is 2.29. The zero-order chi connectivity index (χ0) is 12.4. The maximum Gasteiger partial charge on any atom is 0.320 e. The maximum absolute atomic E-state index is 11.6. The lowest BCUT2D eigenvalue weighted by Crippen LogP contribution is -2.43. The molecular weight excluding hydrogens is 224 g/mol. The highest BCUT2D eigenvalue weighted by Gasteiger charge is 2.30. The molecule has 0 aromatic heterocycles. The Morgan fingerprint density at radius 1 is 1.53 bits per heavy atom. The highest BCUT2D eigenvalue weighted by atomic mass is 16.5. The van der Waals surface area contributed by atoms with Gasteiger partial charge in [0.05, 0.1) is 5.69 Å². The van der Waals surface area contributed by atoms with Gasteiger partial charge < -0.3 is 20.9 Å². The van der Waals surface area contributed by atoms with Crippen molar-refractivity contribution in [2.24, 2.45) is 5.73 Å². The van der Waals surface area contributed by atoms with Gasteiger partial charge in [-0.15, -0.1) is 0 Å². The normalized spacial score (nSPS) is 19.8. The summed E-state index contributed by atoms with van der Waals surface area (Å²) in [5, 5.41) is 11.3. The summed E-state index contributed by atoms with van der Waals surface area (Å²) in [4.78, 5) is 22.2. The number of aliphatic carboxylic acids is 1. The molecule has 1 aromatic rings. The average Bonchev–Trinajstić information content (AvgIpc) is 2.29. The summed E-state index contributed by atoms with van der Waals surface area (Å²) in [6, 6.07) is 5.83. The molecule has 1 aliphatic heterocycles. The van der Waals surface area contributed by atoms with Crippen LogP contribution in [0, 0.1) is 0 Å². The first-order valence-corrected chi connectivity index (χ1v) is 5.13. The highest BCUT2D eigenvalue weighted by molar-refractivity contribution is 5.98. The minimum absolute atomic E-state index is 0.0600. The van der Waals surface area contributed by atoms with Gasteiger partial charge in [0.15, 0.2) is 6.10 Å². The molecule has 0 saturated heterocycles. The smallest absolute Gasteiger partial charge is 0.320 e. The van der Waals surface area contributed by atoms with Crippen LogP contribution in [0.4, 0.5) is 5.69 Å². The zero-order valence-electron chi connectivity index (χ0n) is 8.92. The molecule has 2 rings (SSSR count). The van der Waals surface area contributed by atoms with Crippen LogP contribution >= 0.6 is 0 Å². The van der Waals surface area contributed by atoms with Gasteiger partial charge in [-0.25, -0.2) is 0 Å². The Labute approximate surface area is 97.4 Å². The minimum Gasteiger partial charge on any atom is -0.480 e. The lowest BCUT2D eigenvalue weighted by atomic mass is 10.1. The van der Waals surface area contributed by atoms with Crippen molar-refractivity contribution < 1.29 is 19.4 Å². The number of para-hydroxylation sites is 2. The molecule has 0 bridgehead atoms. The van der Waals surface area contributed by atoms with E-state index >= 15 is 0 Å². The standard InChI is InChI=1S/C11H12N2O4/c12-6(11(15)16)5-9-10(14)13-7-3-1-2-4-8(7)17-9/h1-4,6,9H,5,12H2,(H,13,14)(H,15,16). The molecule has 6 nitrogen and oxygen atoms in total. The van der Waals surface area contributed by atoms with E-state index in [0.29, 0.717) is 11.4 Å². The number of hydrogen-bond acceptors (Lipinski definition) is 4. The van der Waals surface area contributed by atoms with Crippen molar-refractivity contribution in [1.82, 2.24) is 0 Å². The Bertz CT molecular complexity index is 461. The van der Waals surface area contributed by atoms with E-state index in [2.05, 4.69) is 5.32 Å². The van der Waals surface area contributed by atoms with Gasteiger partial charge in [0.25, 0.3) is 5.91 Å². The second kappa shape index (κ2) is 4.42. The van der Waals surface area contributed by atoms with Crippen molar-refractivity contribution in [1.29, 1.82) is 0 Å². The fraction of sp³-hybridized carbons (Fsp3) is 0.273. The molecule has 1 amide bonds. The van der Waals surface area contributed by atoms with Crippen LogP contribution in [0.3, 0.4) is 0 Å². The van der Waals surface area contributed by atoms with Gasteiger partial charge in [-0.05, 0) is 12.1 Å². The van der Waals surface area contributed by atoms with Gasteiger partial charge in [0.1, 0.15) is 11.8 Å². The van der Waals surface area contributed by atoms with Crippen molar-refractivity contribution in [3.63, 3.8) is 0 Å². The van der Waals surface area contributed by atoms with E-state index in [1.807, 2.05) is 0 Å². The first-order chi connectivity index (χ1) is 8.08. The number of hydrogen-bond donors (Lipinski definition) is 3. The van der Waals surface area contributed by atoms with Crippen LogP contribution in [0.15, 0.2) is 24.3 Å². The Hall–Kier alpha value is -2.08. The molecule has 2 atom stereocenters. The van der Waals surface area contributed by atoms with Gasteiger partial charge in [-0.3, -0.25) is 9.59 Å². The van der Waals surface area contributed by atoms with Gasteiger partial charge in [-0.1, -0.05) is 12.1 Å². The zero-order valence-corrected chi connectivity index (χ0v) is 8.92. The van der Waals surface area contributed by atoms with E-state index in [4.69, 9.17) is 15.6 Å². The number of ether oxygens (including phenoxy) is 1. The molecule has 1 aromatic carbocycles. The largest absolute Gasteiger partial charge is 0.480 e. The van der Waals surface area contributed by atoms with E-state index in [9.17, 15) is 9.59 Å². The predicted octanol–water partition coefficient (Wildman–Crippen LogP) is 0.188. The summed E-state index contributed by atoms with van der Waals surface area (Å²) >= 11 is 0. The van der Waals surface area contributed by atoms with Crippen molar-refractivity contribution in [3.8, 4) is 5.75 Å². The third-order valence-corrected chi connectivity index (χ3v) is 2.49. The monoisotopic (exact) mass is 236 g/mol. The molecule has 4 N–H and O–H groups in total. The first kappa shape index (κ1) is 11.4. The fourth-order valence-electron chi connectivity index (χ4n) is 1.58. The maximum atomic E-state index is 11.6. The van der Waals surface area contributed by atoms with E-state index < -0.39 is 18.1 Å². The van der Waals surface area contributed by atoms with Crippen LogP contribution in [0.25, 0.3) is 0 Å². The molecule has 90 valence electrons. The second-order valence-electron chi connectivity index (χ2n) is 3.77. The van der Waals surface area contributed by atoms with Gasteiger partial charge >= 0.3 is 5.97 Å². The average molecular weight is 236 g/mol. The summed E-state index contributed by atoms with van der Waals surface area (Å²) in [6.45, 7) is 0. The lowest BCUT2D eigenvalue weighted by molar-refractivity contribution is -0.139. The molecule has 1 heterocycles. The predicted molar refractivity (Wildman–Crippen MR) is 59.7 cm³/mol. The number of amides is 1. The van der Waals surface area contributed by atoms with Crippen molar-refractivity contribution >= 4 is 17.6 Å². The quantitative estimate of drug-likeness (QED) is 0.695. The molecule has 0 spiro atoms. The Morgan fingerprint density at radius 3 is 2.94 bits per heavy atom. The molecule has 0 fully saturated rings. The molecule has 0 aliphatic carbocycles. The Kier molecular flexibility index (Phi) is 2.97. The van der Waals surface area contributed by atoms with Crippen molar-refractivity contribution in [2.75, 3.05) is 5.32 Å². The van der Waals surface area contributed by atoms with Crippen molar-refractivity contribution in [3.05, 3.63) is 24.3 Å². The molecule has 2 unspecified atom stereocenters. The van der Waals surface area contributed by atoms with Crippen LogP contribution < -0.4 is 15.8 Å². The van der Waals surface area contributed by atoms with E-state index in [0.717, 1.165) is 0 Å². The molecule has 0 radical (unpaired) electrons. The summed E-state index contributed by atoms with van der Waals surface area (Å²) in [7, 11) is 0. The fourth-order valence-corrected chi connectivity index (χ4v) is 1.58. The van der Waals surface area contributed by atoms with E-state index in [-0.39, 0.29) is 12.3 Å². The number of carbonyl (C=O) groups excluding carboxylic acids is 1. The number of benzene rings is 1. The summed E-state index contributed by atoms with van der Waals surface area (Å²) < 4.78 is 5.41. The number of nitrogens with two attached hydrogens (primary N) is 1. The van der Waals surface area contributed by atoms with Gasteiger partial charge in [-0.2, -0.15) is 0 Å². The SMILES string of the molecule is NC(CC1Oc2ccccc2NC1=O)C(=O)O. The summed E-state index contributed by atoms with van der Waals surface area (Å²) in [5.74, 6) is -1.00. The third-order valence-electron chi connectivity index (χ3n) is 2.49. The first-order valence-electron chi connectivity index (χ1n) is 5.13. The number of nitrogens with one attached hydrogen (secondary N) is 1. The van der Waals surface area contributed by atoms with Crippen LogP contribution in [0.1, 0.15) is 6.42 Å². The third kappa shape index (κ3) is 2.36. The topological polar surface area (TPSA) is 102 Å². The number of anilines is 1. The summed E-state index contributed by atoms with van der Waals surface area (Å²) in [5.41, 5.74) is 5.95. The van der Waals surface area contributed by atoms with E-state index in [1.165, 1.54) is 0 Å². The molecule has 0 saturated carbocycles. The number of carboxylic acid groups (broad SMARTS) is 1. The van der Waals surface area contributed by atoms with Crippen LogP contribution in [-0.2, 0) is 9.59 Å². The molecule has 17 heavy (non-hydrogen) atoms. The number of rotatable bonds is 3. The number of fused-ring (bicyclic) bond motifs is 1. The molecule has 1 aliphatic rings. The van der Waals surface area contributed by atoms with Crippen LogP contribution in [-0.4, -0.2) is 29.1 Å². The van der Waals surface area contributed by atoms with E-state index in [1.54, 1.807) is 24.3 Å². The van der Waals surface area contributed by atoms with Crippen LogP contribution in [0.2, 0.25) is 0 Å². The van der Waals surface area contributed by atoms with Crippen LogP contribution in [0.5, 0.6) is 5.75 Å². The Morgan fingerprint density at radius 2 is 2.24 bits per heavy atom. The molecule has 6 heteroatoms. The number of carbonyl (C=O) groups is 2. The number of carboxylic acids is 1. The minimum atomic E-state index is -1.15.